The number of Topliss-reactive ketones (excluding diaryl/α,β-unsaturated/α-hetero) is 1. The van der Waals surface area contributed by atoms with Crippen molar-refractivity contribution in [3.63, 3.8) is 0 Å². The summed E-state index contributed by atoms with van der Waals surface area (Å²) in [5, 5.41) is 0. The summed E-state index contributed by atoms with van der Waals surface area (Å²) in [5.41, 5.74) is 4.96. The summed E-state index contributed by atoms with van der Waals surface area (Å²) in [7, 11) is 0. The molecule has 146 valence electrons. The van der Waals surface area contributed by atoms with Gasteiger partial charge < -0.3 is 4.74 Å². The number of benzene rings is 2. The van der Waals surface area contributed by atoms with E-state index in [1.807, 2.05) is 24.3 Å². The van der Waals surface area contributed by atoms with Gasteiger partial charge in [0.1, 0.15) is 12.1 Å². The molecule has 0 aliphatic rings. The predicted molar refractivity (Wildman–Crippen MR) is 109 cm³/mol. The summed E-state index contributed by atoms with van der Waals surface area (Å²) in [6.45, 7) is 2.84. The minimum atomic E-state index is -0.229. The van der Waals surface area contributed by atoms with Gasteiger partial charge in [0.2, 0.25) is 5.91 Å². The monoisotopic (exact) mass is 379 g/mol. The molecule has 0 fully saturated rings. The van der Waals surface area contributed by atoms with Gasteiger partial charge in [-0.15, -0.1) is 0 Å². The van der Waals surface area contributed by atoms with Crippen molar-refractivity contribution in [1.82, 2.24) is 9.66 Å². The van der Waals surface area contributed by atoms with Gasteiger partial charge in [-0.3, -0.25) is 15.0 Å². The maximum atomic E-state index is 12.3. The number of para-hydroxylation sites is 2. The third-order valence-corrected chi connectivity index (χ3v) is 4.47. The van der Waals surface area contributed by atoms with Crippen LogP contribution >= 0.6 is 0 Å². The van der Waals surface area contributed by atoms with Crippen molar-refractivity contribution in [1.29, 1.82) is 0 Å². The smallest absolute Gasteiger partial charge is 0.239 e. The van der Waals surface area contributed by atoms with Gasteiger partial charge in [0.05, 0.1) is 17.6 Å². The highest BCUT2D eigenvalue weighted by Gasteiger charge is 2.11. The molecule has 2 aromatic carbocycles. The number of aromatic nitrogens is 2. The Labute approximate surface area is 164 Å². The zero-order chi connectivity index (χ0) is 19.8. The van der Waals surface area contributed by atoms with Crippen molar-refractivity contribution in [3.05, 3.63) is 60.4 Å². The number of ether oxygens (including phenoxy) is 1. The summed E-state index contributed by atoms with van der Waals surface area (Å²) in [6, 6.07) is 14.6. The molecule has 0 atom stereocenters. The Morgan fingerprint density at radius 1 is 1.04 bits per heavy atom. The molecular weight excluding hydrogens is 354 g/mol. The molecule has 1 N–H and O–H groups in total. The predicted octanol–water partition coefficient (Wildman–Crippen LogP) is 4.34. The second kappa shape index (κ2) is 9.69. The number of rotatable bonds is 10. The summed E-state index contributed by atoms with van der Waals surface area (Å²) >= 11 is 0. The van der Waals surface area contributed by atoms with Crippen LogP contribution in [0.2, 0.25) is 0 Å². The van der Waals surface area contributed by atoms with Crippen molar-refractivity contribution in [2.24, 2.45) is 0 Å². The number of hydrogen-bond acceptors (Lipinski definition) is 4. The molecule has 0 aliphatic heterocycles. The van der Waals surface area contributed by atoms with Gasteiger partial charge in [-0.25, -0.2) is 9.66 Å². The molecular formula is C22H25N3O3. The van der Waals surface area contributed by atoms with E-state index in [0.29, 0.717) is 12.2 Å². The molecule has 1 heterocycles. The number of carbonyl (C=O) groups is 2. The third-order valence-electron chi connectivity index (χ3n) is 4.47. The second-order valence-electron chi connectivity index (χ2n) is 6.64. The highest BCUT2D eigenvalue weighted by Crippen LogP contribution is 2.15. The van der Waals surface area contributed by atoms with Gasteiger partial charge >= 0.3 is 0 Å². The topological polar surface area (TPSA) is 73.2 Å². The Morgan fingerprint density at radius 3 is 2.61 bits per heavy atom. The third kappa shape index (κ3) is 5.19. The van der Waals surface area contributed by atoms with Crippen molar-refractivity contribution < 1.29 is 14.3 Å². The van der Waals surface area contributed by atoms with Crippen LogP contribution in [0, 0.1) is 0 Å². The van der Waals surface area contributed by atoms with Gasteiger partial charge in [-0.1, -0.05) is 31.9 Å². The fourth-order valence-corrected chi connectivity index (χ4v) is 2.89. The average Bonchev–Trinajstić information content (AvgIpc) is 3.13. The van der Waals surface area contributed by atoms with E-state index < -0.39 is 0 Å². The lowest BCUT2D eigenvalue weighted by molar-refractivity contribution is -0.117. The first kappa shape index (κ1) is 19.6. The maximum Gasteiger partial charge on any atom is 0.239 e. The lowest BCUT2D eigenvalue weighted by Crippen LogP contribution is -2.22. The number of nitrogens with one attached hydrogen (secondary N) is 1. The SMILES string of the molecule is CCCCCOc1ccc(C(=O)CCC(=O)Nn2cnc3ccccc32)cc1. The molecule has 0 radical (unpaired) electrons. The van der Waals surface area contributed by atoms with E-state index in [9.17, 15) is 9.59 Å². The molecule has 0 aliphatic carbocycles. The molecule has 1 aromatic heterocycles. The molecule has 1 amide bonds. The first-order chi connectivity index (χ1) is 13.7. The highest BCUT2D eigenvalue weighted by molar-refractivity contribution is 5.99. The van der Waals surface area contributed by atoms with E-state index in [2.05, 4.69) is 17.3 Å². The van der Waals surface area contributed by atoms with Gasteiger partial charge in [-0.05, 0) is 42.8 Å². The minimum absolute atomic E-state index is 0.0665. The summed E-state index contributed by atoms with van der Waals surface area (Å²) in [5.74, 6) is 0.466. The van der Waals surface area contributed by atoms with Crippen molar-refractivity contribution in [2.45, 2.75) is 39.0 Å². The second-order valence-corrected chi connectivity index (χ2v) is 6.64. The van der Waals surface area contributed by atoms with E-state index >= 15 is 0 Å². The van der Waals surface area contributed by atoms with Crippen LogP contribution < -0.4 is 10.2 Å². The van der Waals surface area contributed by atoms with Crippen LogP contribution in [0.25, 0.3) is 11.0 Å². The van der Waals surface area contributed by atoms with E-state index in [1.54, 1.807) is 35.3 Å². The van der Waals surface area contributed by atoms with Gasteiger partial charge in [0.15, 0.2) is 5.78 Å². The van der Waals surface area contributed by atoms with E-state index in [-0.39, 0.29) is 24.5 Å². The van der Waals surface area contributed by atoms with Gasteiger partial charge in [0.25, 0.3) is 0 Å². The molecule has 0 saturated carbocycles. The molecule has 0 bridgehead atoms. The van der Waals surface area contributed by atoms with Crippen molar-refractivity contribution >= 4 is 22.7 Å². The Morgan fingerprint density at radius 2 is 1.82 bits per heavy atom. The van der Waals surface area contributed by atoms with Crippen LogP contribution in [0.3, 0.4) is 0 Å². The van der Waals surface area contributed by atoms with Crippen LogP contribution in [0.4, 0.5) is 0 Å². The van der Waals surface area contributed by atoms with E-state index in [0.717, 1.165) is 36.0 Å². The van der Waals surface area contributed by atoms with Gasteiger partial charge in [-0.2, -0.15) is 0 Å². The Bertz CT molecular complexity index is 932. The molecule has 6 heteroatoms. The van der Waals surface area contributed by atoms with Crippen LogP contribution in [0.1, 0.15) is 49.4 Å². The van der Waals surface area contributed by atoms with Crippen molar-refractivity contribution in [3.8, 4) is 5.75 Å². The fourth-order valence-electron chi connectivity index (χ4n) is 2.89. The van der Waals surface area contributed by atoms with Crippen LogP contribution in [-0.2, 0) is 4.79 Å². The number of imidazole rings is 1. The molecule has 28 heavy (non-hydrogen) atoms. The highest BCUT2D eigenvalue weighted by atomic mass is 16.5. The Hall–Kier alpha value is -3.15. The average molecular weight is 379 g/mol. The lowest BCUT2D eigenvalue weighted by Gasteiger charge is -2.08. The molecule has 0 spiro atoms. The number of amides is 1. The minimum Gasteiger partial charge on any atom is -0.494 e. The molecule has 3 rings (SSSR count). The largest absolute Gasteiger partial charge is 0.494 e. The molecule has 3 aromatic rings. The quantitative estimate of drug-likeness (QED) is 0.420. The first-order valence-electron chi connectivity index (χ1n) is 9.65. The number of nitrogens with zero attached hydrogens (tertiary/aromatic N) is 2. The summed E-state index contributed by atoms with van der Waals surface area (Å²) in [4.78, 5) is 28.7. The van der Waals surface area contributed by atoms with Crippen molar-refractivity contribution in [2.75, 3.05) is 12.0 Å². The zero-order valence-electron chi connectivity index (χ0n) is 16.1. The molecule has 0 saturated heterocycles. The first-order valence-corrected chi connectivity index (χ1v) is 9.65. The summed E-state index contributed by atoms with van der Waals surface area (Å²) < 4.78 is 7.23. The number of carbonyl (C=O) groups excluding carboxylic acids is 2. The Balaban J connectivity index is 1.47. The van der Waals surface area contributed by atoms with Crippen LogP contribution in [0.15, 0.2) is 54.9 Å². The van der Waals surface area contributed by atoms with Gasteiger partial charge in [0, 0.05) is 18.4 Å². The normalized spacial score (nSPS) is 10.8. The number of fused-ring (bicyclic) bond motifs is 1. The van der Waals surface area contributed by atoms with E-state index in [4.69, 9.17) is 4.74 Å². The van der Waals surface area contributed by atoms with Crippen LogP contribution in [0.5, 0.6) is 5.75 Å². The fraction of sp³-hybridized carbons (Fsp3) is 0.318. The number of unbranched alkanes of at least 4 members (excludes halogenated alkanes) is 2. The zero-order valence-corrected chi connectivity index (χ0v) is 16.1. The van der Waals surface area contributed by atoms with Crippen LogP contribution in [-0.4, -0.2) is 28.0 Å². The standard InChI is InChI=1S/C22H25N3O3/c1-2-3-6-15-28-18-11-9-17(10-12-18)21(26)13-14-22(27)24-25-16-23-19-7-4-5-8-20(19)25/h4-5,7-12,16H,2-3,6,13-15H2,1H3,(H,24,27). The Kier molecular flexibility index (Phi) is 6.78. The summed E-state index contributed by atoms with van der Waals surface area (Å²) in [6.07, 6.45) is 5.15. The van der Waals surface area contributed by atoms with E-state index in [1.165, 1.54) is 0 Å². The molecule has 6 nitrogen and oxygen atoms in total. The molecule has 0 unspecified atom stereocenters. The number of ketones is 1. The number of hydrogen-bond donors (Lipinski definition) is 1. The lowest BCUT2D eigenvalue weighted by atomic mass is 10.1. The maximum absolute atomic E-state index is 12.3.